The van der Waals surface area contributed by atoms with Crippen LogP contribution in [0.4, 0.5) is 0 Å². The van der Waals surface area contributed by atoms with E-state index in [1.165, 1.54) is 0 Å². The molecule has 0 unspecified atom stereocenters. The molecule has 0 spiro atoms. The molecule has 2 aromatic carbocycles. The lowest BCUT2D eigenvalue weighted by molar-refractivity contribution is -0.116. The quantitative estimate of drug-likeness (QED) is 0.615. The topological polar surface area (TPSA) is 67.6 Å². The lowest BCUT2D eigenvalue weighted by atomic mass is 10.1. The van der Waals surface area contributed by atoms with Crippen LogP contribution in [0.15, 0.2) is 66.9 Å². The first-order valence-electron chi connectivity index (χ1n) is 9.82. The number of rotatable bonds is 7. The van der Waals surface area contributed by atoms with Gasteiger partial charge in [-0.15, -0.1) is 5.10 Å². The van der Waals surface area contributed by atoms with Gasteiger partial charge in [0, 0.05) is 0 Å². The van der Waals surface area contributed by atoms with Gasteiger partial charge < -0.3 is 18.9 Å². The van der Waals surface area contributed by atoms with Crippen molar-refractivity contribution in [2.45, 2.75) is 44.4 Å². The molecule has 150 valence electrons. The van der Waals surface area contributed by atoms with Crippen molar-refractivity contribution < 1.29 is 18.9 Å². The van der Waals surface area contributed by atoms with E-state index in [9.17, 15) is 0 Å². The highest BCUT2D eigenvalue weighted by Gasteiger charge is 2.50. The molecule has 1 saturated heterocycles. The second kappa shape index (κ2) is 8.42. The molecule has 3 heterocycles. The van der Waals surface area contributed by atoms with Gasteiger partial charge >= 0.3 is 0 Å². The van der Waals surface area contributed by atoms with E-state index in [0.29, 0.717) is 26.4 Å². The highest BCUT2D eigenvalue weighted by molar-refractivity contribution is 5.14. The van der Waals surface area contributed by atoms with Gasteiger partial charge in [0.05, 0.1) is 38.3 Å². The standard InChI is InChI=1S/C22H23N3O4/c1-3-7-16(8-4-1)12-26-15-19-20(27-13-17-9-5-2-6-10-17)21-22(29-19)25-18(14-28-21)11-23-24-25/h1-11,19-22H,12-15H2/t19-,20+,21+,22+/m1/s1. The highest BCUT2D eigenvalue weighted by atomic mass is 16.6. The first kappa shape index (κ1) is 18.4. The van der Waals surface area contributed by atoms with Crippen LogP contribution in [0.25, 0.3) is 0 Å². The van der Waals surface area contributed by atoms with Gasteiger partial charge in [-0.05, 0) is 11.1 Å². The van der Waals surface area contributed by atoms with Crippen molar-refractivity contribution in [2.75, 3.05) is 6.61 Å². The number of hydrogen-bond acceptors (Lipinski definition) is 6. The molecule has 0 bridgehead atoms. The Bertz CT molecular complexity index is 918. The van der Waals surface area contributed by atoms with E-state index in [2.05, 4.69) is 10.3 Å². The van der Waals surface area contributed by atoms with Gasteiger partial charge in [0.1, 0.15) is 18.3 Å². The summed E-state index contributed by atoms with van der Waals surface area (Å²) in [5, 5.41) is 8.17. The normalized spacial score (nSPS) is 25.5. The number of hydrogen-bond donors (Lipinski definition) is 0. The van der Waals surface area contributed by atoms with Crippen LogP contribution in [0.5, 0.6) is 0 Å². The molecule has 0 radical (unpaired) electrons. The fourth-order valence-electron chi connectivity index (χ4n) is 3.82. The molecule has 0 aliphatic carbocycles. The Balaban J connectivity index is 1.29. The summed E-state index contributed by atoms with van der Waals surface area (Å²) < 4.78 is 26.4. The van der Waals surface area contributed by atoms with Crippen molar-refractivity contribution in [3.63, 3.8) is 0 Å². The van der Waals surface area contributed by atoms with Crippen molar-refractivity contribution in [3.8, 4) is 0 Å². The molecule has 0 N–H and O–H groups in total. The molecule has 3 aromatic rings. The van der Waals surface area contributed by atoms with Crippen LogP contribution in [0.3, 0.4) is 0 Å². The molecule has 5 rings (SSSR count). The largest absolute Gasteiger partial charge is 0.374 e. The second-order valence-electron chi connectivity index (χ2n) is 7.27. The molecule has 7 heteroatoms. The average Bonchev–Trinajstić information content (AvgIpc) is 3.38. The van der Waals surface area contributed by atoms with Crippen molar-refractivity contribution in [2.24, 2.45) is 0 Å². The van der Waals surface area contributed by atoms with Crippen LogP contribution in [-0.4, -0.2) is 39.9 Å². The first-order valence-corrected chi connectivity index (χ1v) is 9.82. The van der Waals surface area contributed by atoms with Gasteiger partial charge in [0.25, 0.3) is 0 Å². The SMILES string of the molecule is c1ccc(COC[C@H]2O[C@H]3[C@@H](OCc4cnnn43)[C@H]2OCc2ccccc2)cc1. The molecule has 2 aliphatic heterocycles. The van der Waals surface area contributed by atoms with Crippen molar-refractivity contribution in [1.29, 1.82) is 0 Å². The van der Waals surface area contributed by atoms with Crippen molar-refractivity contribution in [3.05, 3.63) is 83.7 Å². The van der Waals surface area contributed by atoms with E-state index in [-0.39, 0.29) is 24.5 Å². The predicted molar refractivity (Wildman–Crippen MR) is 104 cm³/mol. The smallest absolute Gasteiger partial charge is 0.181 e. The van der Waals surface area contributed by atoms with E-state index >= 15 is 0 Å². The van der Waals surface area contributed by atoms with Crippen LogP contribution in [0.1, 0.15) is 23.0 Å². The van der Waals surface area contributed by atoms with Gasteiger partial charge in [-0.3, -0.25) is 0 Å². The summed E-state index contributed by atoms with van der Waals surface area (Å²) in [6.45, 7) is 1.87. The molecule has 0 saturated carbocycles. The lowest BCUT2D eigenvalue weighted by Gasteiger charge is -2.28. The van der Waals surface area contributed by atoms with Gasteiger partial charge in [0.15, 0.2) is 6.23 Å². The maximum Gasteiger partial charge on any atom is 0.181 e. The maximum atomic E-state index is 6.27. The lowest BCUT2D eigenvalue weighted by Crippen LogP contribution is -2.40. The Morgan fingerprint density at radius 2 is 1.69 bits per heavy atom. The Morgan fingerprint density at radius 1 is 0.966 bits per heavy atom. The molecule has 1 aromatic heterocycles. The highest BCUT2D eigenvalue weighted by Crippen LogP contribution is 2.37. The first-order chi connectivity index (χ1) is 14.4. The minimum atomic E-state index is -0.354. The number of ether oxygens (including phenoxy) is 4. The van der Waals surface area contributed by atoms with Gasteiger partial charge in [0.2, 0.25) is 0 Å². The van der Waals surface area contributed by atoms with Crippen molar-refractivity contribution >= 4 is 0 Å². The molecule has 1 fully saturated rings. The number of aromatic nitrogens is 3. The Hall–Kier alpha value is -2.58. The van der Waals surface area contributed by atoms with Gasteiger partial charge in [-0.2, -0.15) is 0 Å². The van der Waals surface area contributed by atoms with Crippen molar-refractivity contribution in [1.82, 2.24) is 15.0 Å². The van der Waals surface area contributed by atoms with E-state index in [1.54, 1.807) is 10.9 Å². The monoisotopic (exact) mass is 393 g/mol. The molecular formula is C22H23N3O4. The Labute approximate surface area is 169 Å². The molecule has 7 nitrogen and oxygen atoms in total. The van der Waals surface area contributed by atoms with E-state index < -0.39 is 0 Å². The zero-order chi connectivity index (χ0) is 19.5. The van der Waals surface area contributed by atoms with Crippen LogP contribution in [0, 0.1) is 0 Å². The molecule has 2 aliphatic rings. The molecule has 0 amide bonds. The molecule has 29 heavy (non-hydrogen) atoms. The summed E-state index contributed by atoms with van der Waals surface area (Å²) in [4.78, 5) is 0. The summed E-state index contributed by atoms with van der Waals surface area (Å²) in [6.07, 6.45) is 0.588. The van der Waals surface area contributed by atoms with E-state index in [0.717, 1.165) is 16.8 Å². The predicted octanol–water partition coefficient (Wildman–Crippen LogP) is 2.88. The Kier molecular flexibility index (Phi) is 5.36. The summed E-state index contributed by atoms with van der Waals surface area (Å²) in [5.41, 5.74) is 3.13. The minimum absolute atomic E-state index is 0.252. The number of benzene rings is 2. The number of nitrogens with zero attached hydrogens (tertiary/aromatic N) is 3. The fraction of sp³-hybridized carbons (Fsp3) is 0.364. The maximum absolute atomic E-state index is 6.27. The zero-order valence-electron chi connectivity index (χ0n) is 16.0. The zero-order valence-corrected chi connectivity index (χ0v) is 16.0. The third kappa shape index (κ3) is 3.95. The number of fused-ring (bicyclic) bond motifs is 3. The minimum Gasteiger partial charge on any atom is -0.374 e. The average molecular weight is 393 g/mol. The third-order valence-corrected chi connectivity index (χ3v) is 5.28. The summed E-state index contributed by atoms with van der Waals surface area (Å²) in [7, 11) is 0. The van der Waals surface area contributed by atoms with E-state index in [1.807, 2.05) is 60.7 Å². The third-order valence-electron chi connectivity index (χ3n) is 5.28. The molecular weight excluding hydrogens is 370 g/mol. The van der Waals surface area contributed by atoms with Crippen LogP contribution < -0.4 is 0 Å². The second-order valence-corrected chi connectivity index (χ2v) is 7.27. The summed E-state index contributed by atoms with van der Waals surface area (Å²) >= 11 is 0. The van der Waals surface area contributed by atoms with Crippen LogP contribution in [0.2, 0.25) is 0 Å². The van der Waals surface area contributed by atoms with Crippen LogP contribution >= 0.6 is 0 Å². The van der Waals surface area contributed by atoms with E-state index in [4.69, 9.17) is 18.9 Å². The fourth-order valence-corrected chi connectivity index (χ4v) is 3.82. The summed E-state index contributed by atoms with van der Waals surface area (Å²) in [5.74, 6) is 0. The molecule has 4 atom stereocenters. The van der Waals surface area contributed by atoms with Crippen LogP contribution in [-0.2, 0) is 38.8 Å². The Morgan fingerprint density at radius 3 is 2.45 bits per heavy atom. The summed E-state index contributed by atoms with van der Waals surface area (Å²) in [6, 6.07) is 20.2. The van der Waals surface area contributed by atoms with Gasteiger partial charge in [-0.1, -0.05) is 65.9 Å². The van der Waals surface area contributed by atoms with Gasteiger partial charge in [-0.25, -0.2) is 4.68 Å².